The number of hydrogen-bond donors (Lipinski definition) is 2. The van der Waals surface area contributed by atoms with E-state index in [-0.39, 0.29) is 23.6 Å². The van der Waals surface area contributed by atoms with Crippen LogP contribution in [0.4, 0.5) is 0 Å². The van der Waals surface area contributed by atoms with Gasteiger partial charge in [0.15, 0.2) is 0 Å². The zero-order chi connectivity index (χ0) is 23.8. The minimum atomic E-state index is -0.396. The lowest BCUT2D eigenvalue weighted by Gasteiger charge is -2.29. The van der Waals surface area contributed by atoms with E-state index in [2.05, 4.69) is 20.8 Å². The molecule has 2 rings (SSSR count). The van der Waals surface area contributed by atoms with Gasteiger partial charge in [0.25, 0.3) is 5.91 Å². The van der Waals surface area contributed by atoms with Crippen LogP contribution in [0.3, 0.4) is 0 Å². The van der Waals surface area contributed by atoms with E-state index in [0.29, 0.717) is 37.4 Å². The third kappa shape index (κ3) is 7.12. The van der Waals surface area contributed by atoms with Crippen molar-refractivity contribution in [1.29, 1.82) is 5.41 Å². The van der Waals surface area contributed by atoms with Gasteiger partial charge >= 0.3 is 0 Å². The van der Waals surface area contributed by atoms with Crippen LogP contribution in [0.1, 0.15) is 53.5 Å². The van der Waals surface area contributed by atoms with Crippen molar-refractivity contribution in [3.8, 4) is 5.75 Å². The molecule has 1 heterocycles. The molecule has 0 atom stereocenters. The first-order chi connectivity index (χ1) is 14.5. The summed E-state index contributed by atoms with van der Waals surface area (Å²) in [6.45, 7) is 13.3. The minimum Gasteiger partial charge on any atom is -0.491 e. The number of para-hydroxylation sites is 1. The summed E-state index contributed by atoms with van der Waals surface area (Å²) >= 11 is 0. The van der Waals surface area contributed by atoms with Gasteiger partial charge in [0.1, 0.15) is 18.1 Å². The van der Waals surface area contributed by atoms with Gasteiger partial charge in [-0.1, -0.05) is 52.8 Å². The van der Waals surface area contributed by atoms with Gasteiger partial charge in [-0.25, -0.2) is 0 Å². The lowest BCUT2D eigenvalue weighted by Crippen LogP contribution is -2.42. The van der Waals surface area contributed by atoms with Crippen molar-refractivity contribution in [2.24, 2.45) is 5.73 Å². The number of likely N-dealkylation sites (N-methyl/N-ethyl adjacent to an activating group) is 1. The lowest BCUT2D eigenvalue weighted by atomic mass is 9.86. The van der Waals surface area contributed by atoms with Crippen molar-refractivity contribution in [3.63, 3.8) is 0 Å². The fourth-order valence-electron chi connectivity index (χ4n) is 3.27. The summed E-state index contributed by atoms with van der Waals surface area (Å²) < 4.78 is 5.93. The predicted octanol–water partition coefficient (Wildman–Crippen LogP) is 3.33. The first kappa shape index (κ1) is 26.2. The highest BCUT2D eigenvalue weighted by molar-refractivity contribution is 6.44. The van der Waals surface area contributed by atoms with Crippen molar-refractivity contribution in [2.45, 2.75) is 53.4 Å². The van der Waals surface area contributed by atoms with Crippen LogP contribution in [-0.4, -0.2) is 60.6 Å². The molecule has 0 radical (unpaired) electrons. The van der Waals surface area contributed by atoms with Crippen molar-refractivity contribution >= 4 is 17.5 Å². The van der Waals surface area contributed by atoms with Gasteiger partial charge in [-0.2, -0.15) is 0 Å². The molecular weight excluding hydrogens is 392 g/mol. The number of hydrogen-bond acceptors (Lipinski definition) is 5. The van der Waals surface area contributed by atoms with E-state index in [9.17, 15) is 9.59 Å². The van der Waals surface area contributed by atoms with Crippen molar-refractivity contribution < 1.29 is 14.3 Å². The maximum atomic E-state index is 12.6. The molecule has 0 saturated carbocycles. The molecule has 7 nitrogen and oxygen atoms in total. The number of nitrogens with zero attached hydrogens (tertiary/aromatic N) is 2. The number of carbonyl (C=O) groups excluding carboxylic acids is 2. The Kier molecular flexibility index (Phi) is 9.75. The Morgan fingerprint density at radius 2 is 1.84 bits per heavy atom. The SMILES string of the molecule is CC.CC(=O)N1CCC(C(=N)C(=O)N(C)CCOc2ccccc2C(C)(C)C)=C(N)C1. The second-order valence-corrected chi connectivity index (χ2v) is 8.39. The second-order valence-electron chi connectivity index (χ2n) is 8.39. The molecule has 0 saturated heterocycles. The molecule has 3 N–H and O–H groups in total. The smallest absolute Gasteiger partial charge is 0.271 e. The summed E-state index contributed by atoms with van der Waals surface area (Å²) in [6.07, 6.45) is 0.416. The third-order valence-electron chi connectivity index (χ3n) is 5.07. The van der Waals surface area contributed by atoms with Crippen LogP contribution in [0.25, 0.3) is 0 Å². The van der Waals surface area contributed by atoms with Gasteiger partial charge in [0.2, 0.25) is 5.91 Å². The molecule has 2 amide bonds. The number of amides is 2. The Morgan fingerprint density at radius 1 is 1.23 bits per heavy atom. The zero-order valence-corrected chi connectivity index (χ0v) is 20.0. The molecule has 0 aliphatic carbocycles. The van der Waals surface area contributed by atoms with E-state index < -0.39 is 5.91 Å². The van der Waals surface area contributed by atoms with Gasteiger partial charge in [-0.15, -0.1) is 0 Å². The summed E-state index contributed by atoms with van der Waals surface area (Å²) in [4.78, 5) is 27.2. The summed E-state index contributed by atoms with van der Waals surface area (Å²) in [5.74, 6) is 0.348. The van der Waals surface area contributed by atoms with E-state index in [4.69, 9.17) is 15.9 Å². The molecule has 1 aromatic rings. The standard InChI is InChI=1S/C22H32N4O3.C2H6/c1-15(27)26-11-10-16(18(23)14-26)20(24)21(28)25(5)12-13-29-19-9-7-6-8-17(19)22(2,3)4;1-2/h6-9,24H,10-14,23H2,1-5H3;1-2H3. The van der Waals surface area contributed by atoms with Crippen LogP contribution < -0.4 is 10.5 Å². The number of carbonyl (C=O) groups is 2. The predicted molar refractivity (Wildman–Crippen MR) is 125 cm³/mol. The van der Waals surface area contributed by atoms with Crippen molar-refractivity contribution in [2.75, 3.05) is 33.3 Å². The maximum Gasteiger partial charge on any atom is 0.271 e. The average Bonchev–Trinajstić information content (AvgIpc) is 2.73. The quantitative estimate of drug-likeness (QED) is 0.676. The van der Waals surface area contributed by atoms with Gasteiger partial charge in [0.05, 0.1) is 13.1 Å². The largest absolute Gasteiger partial charge is 0.491 e. The fourth-order valence-corrected chi connectivity index (χ4v) is 3.27. The Labute approximate surface area is 186 Å². The number of ether oxygens (including phenoxy) is 1. The maximum absolute atomic E-state index is 12.6. The van der Waals surface area contributed by atoms with E-state index in [1.807, 2.05) is 38.1 Å². The molecule has 0 aromatic heterocycles. The van der Waals surface area contributed by atoms with Crippen molar-refractivity contribution in [1.82, 2.24) is 9.80 Å². The van der Waals surface area contributed by atoms with Crippen LogP contribution in [0, 0.1) is 5.41 Å². The van der Waals surface area contributed by atoms with Gasteiger partial charge in [-0.05, 0) is 23.5 Å². The molecule has 172 valence electrons. The van der Waals surface area contributed by atoms with Gasteiger partial charge < -0.3 is 20.3 Å². The number of nitrogens with one attached hydrogen (secondary N) is 1. The third-order valence-corrected chi connectivity index (χ3v) is 5.07. The monoisotopic (exact) mass is 430 g/mol. The van der Waals surface area contributed by atoms with Gasteiger partial charge in [0, 0.05) is 31.8 Å². The average molecular weight is 431 g/mol. The molecule has 0 bridgehead atoms. The Hall–Kier alpha value is -2.83. The molecule has 0 unspecified atom stereocenters. The normalized spacial score (nSPS) is 13.8. The van der Waals surface area contributed by atoms with Crippen LogP contribution in [-0.2, 0) is 15.0 Å². The number of nitrogens with two attached hydrogens (primary N) is 1. The van der Waals surface area contributed by atoms with Crippen LogP contribution >= 0.6 is 0 Å². The highest BCUT2D eigenvalue weighted by Crippen LogP contribution is 2.30. The molecule has 7 heteroatoms. The summed E-state index contributed by atoms with van der Waals surface area (Å²) in [5, 5.41) is 8.27. The molecular formula is C24H38N4O3. The van der Waals surface area contributed by atoms with E-state index in [0.717, 1.165) is 11.3 Å². The van der Waals surface area contributed by atoms with E-state index >= 15 is 0 Å². The molecule has 0 spiro atoms. The molecule has 0 fully saturated rings. The topological polar surface area (TPSA) is 99.7 Å². The molecule has 1 aliphatic rings. The Balaban J connectivity index is 0.00000233. The molecule has 1 aromatic carbocycles. The van der Waals surface area contributed by atoms with E-state index in [1.54, 1.807) is 11.9 Å². The summed E-state index contributed by atoms with van der Waals surface area (Å²) in [5.41, 5.74) is 7.92. The molecule has 31 heavy (non-hydrogen) atoms. The number of rotatable bonds is 6. The van der Waals surface area contributed by atoms with Gasteiger partial charge in [-0.3, -0.25) is 15.0 Å². The van der Waals surface area contributed by atoms with Crippen molar-refractivity contribution in [3.05, 3.63) is 41.1 Å². The second kappa shape index (κ2) is 11.5. The number of benzene rings is 1. The summed E-state index contributed by atoms with van der Waals surface area (Å²) in [7, 11) is 1.65. The van der Waals surface area contributed by atoms with Crippen LogP contribution in [0.2, 0.25) is 0 Å². The summed E-state index contributed by atoms with van der Waals surface area (Å²) in [6, 6.07) is 7.89. The lowest BCUT2D eigenvalue weighted by molar-refractivity contribution is -0.128. The zero-order valence-electron chi connectivity index (χ0n) is 20.0. The molecule has 1 aliphatic heterocycles. The Bertz CT molecular complexity index is 824. The highest BCUT2D eigenvalue weighted by Gasteiger charge is 2.26. The minimum absolute atomic E-state index is 0.0425. The van der Waals surface area contributed by atoms with Crippen LogP contribution in [0.15, 0.2) is 35.5 Å². The highest BCUT2D eigenvalue weighted by atomic mass is 16.5. The van der Waals surface area contributed by atoms with Crippen LogP contribution in [0.5, 0.6) is 5.75 Å². The van der Waals surface area contributed by atoms with E-state index in [1.165, 1.54) is 11.8 Å². The Morgan fingerprint density at radius 3 is 2.39 bits per heavy atom. The first-order valence-corrected chi connectivity index (χ1v) is 10.8. The fraction of sp³-hybridized carbons (Fsp3) is 0.542. The first-order valence-electron chi connectivity index (χ1n) is 10.8.